The van der Waals surface area contributed by atoms with Crippen LogP contribution in [0.2, 0.25) is 0 Å². The number of nitrogens with one attached hydrogen (secondary N) is 1. The predicted octanol–water partition coefficient (Wildman–Crippen LogP) is 1.48. The van der Waals surface area contributed by atoms with Crippen LogP contribution in [0, 0.1) is 19.8 Å². The number of aliphatic hydroxyl groups excluding tert-OH is 1. The Hall–Kier alpha value is -1.77. The molecule has 1 aliphatic carbocycles. The molecule has 1 saturated carbocycles. The minimum atomic E-state index is -3.79. The van der Waals surface area contributed by atoms with Gasteiger partial charge in [-0.05, 0) is 44.7 Å². The fourth-order valence-electron chi connectivity index (χ4n) is 2.94. The first-order chi connectivity index (χ1) is 10.9. The molecule has 23 heavy (non-hydrogen) atoms. The lowest BCUT2D eigenvalue weighted by atomic mass is 9.76. The van der Waals surface area contributed by atoms with Crippen molar-refractivity contribution in [2.45, 2.75) is 43.7 Å². The highest BCUT2D eigenvalue weighted by Gasteiger charge is 2.38. The number of aliphatic hydroxyl groups is 1. The molecule has 124 valence electrons. The molecular weight excluding hydrogens is 318 g/mol. The minimum Gasteiger partial charge on any atom is -0.393 e. The Labute approximate surface area is 134 Å². The molecule has 2 aromatic heterocycles. The summed E-state index contributed by atoms with van der Waals surface area (Å²) in [6, 6.07) is 4.89. The number of aromatic nitrogens is 2. The summed E-state index contributed by atoms with van der Waals surface area (Å²) in [6.07, 6.45) is 2.34. The number of pyridine rings is 1. The van der Waals surface area contributed by atoms with Crippen molar-refractivity contribution in [2.75, 3.05) is 0 Å². The van der Waals surface area contributed by atoms with Gasteiger partial charge >= 0.3 is 0 Å². The first kappa shape index (κ1) is 16.1. The molecule has 3 rings (SSSR count). The lowest BCUT2D eigenvalue weighted by Gasteiger charge is -2.37. The van der Waals surface area contributed by atoms with Gasteiger partial charge in [0.05, 0.1) is 17.8 Å². The quantitative estimate of drug-likeness (QED) is 0.856. The predicted molar refractivity (Wildman–Crippen MR) is 82.0 cm³/mol. The Balaban J connectivity index is 1.92. The molecule has 0 aromatic carbocycles. The van der Waals surface area contributed by atoms with Crippen molar-refractivity contribution in [3.8, 4) is 0 Å². The van der Waals surface area contributed by atoms with E-state index in [2.05, 4.69) is 14.9 Å². The van der Waals surface area contributed by atoms with Gasteiger partial charge in [0.25, 0.3) is 0 Å². The van der Waals surface area contributed by atoms with Crippen LogP contribution in [0.3, 0.4) is 0 Å². The van der Waals surface area contributed by atoms with Crippen molar-refractivity contribution in [3.63, 3.8) is 0 Å². The fraction of sp³-hybridized carbons (Fsp3) is 0.467. The number of rotatable bonds is 5. The summed E-state index contributed by atoms with van der Waals surface area (Å²) in [5.74, 6) is 0.263. The molecule has 0 spiro atoms. The molecule has 7 nitrogen and oxygen atoms in total. The van der Waals surface area contributed by atoms with E-state index in [0.29, 0.717) is 24.2 Å². The minimum absolute atomic E-state index is 0.00940. The van der Waals surface area contributed by atoms with Crippen molar-refractivity contribution in [2.24, 2.45) is 5.92 Å². The van der Waals surface area contributed by atoms with Crippen molar-refractivity contribution >= 4 is 10.0 Å². The van der Waals surface area contributed by atoms with Crippen LogP contribution < -0.4 is 4.72 Å². The van der Waals surface area contributed by atoms with Gasteiger partial charge in [-0.15, -0.1) is 0 Å². The lowest BCUT2D eigenvalue weighted by Crippen LogP contribution is -2.41. The average Bonchev–Trinajstić information content (AvgIpc) is 2.82. The van der Waals surface area contributed by atoms with Crippen molar-refractivity contribution < 1.29 is 18.0 Å². The van der Waals surface area contributed by atoms with Gasteiger partial charge in [0.1, 0.15) is 10.6 Å². The maximum absolute atomic E-state index is 12.7. The third-order valence-corrected chi connectivity index (χ3v) is 5.83. The third-order valence-electron chi connectivity index (χ3n) is 4.15. The molecule has 2 N–H and O–H groups in total. The van der Waals surface area contributed by atoms with Gasteiger partial charge in [-0.25, -0.2) is 13.1 Å². The molecule has 1 fully saturated rings. The number of sulfonamides is 1. The molecule has 1 atom stereocenters. The van der Waals surface area contributed by atoms with E-state index < -0.39 is 16.1 Å². The second-order valence-corrected chi connectivity index (χ2v) is 7.54. The van der Waals surface area contributed by atoms with E-state index in [4.69, 9.17) is 4.52 Å². The largest absolute Gasteiger partial charge is 0.393 e. The zero-order valence-corrected chi connectivity index (χ0v) is 13.7. The molecule has 0 unspecified atom stereocenters. The maximum Gasteiger partial charge on any atom is 0.246 e. The molecule has 0 bridgehead atoms. The molecule has 8 heteroatoms. The molecule has 2 aromatic rings. The number of aryl methyl sites for hydroxylation is 2. The summed E-state index contributed by atoms with van der Waals surface area (Å²) in [4.78, 5) is 4.34. The van der Waals surface area contributed by atoms with E-state index in [-0.39, 0.29) is 22.7 Å². The van der Waals surface area contributed by atoms with Crippen molar-refractivity contribution in [1.82, 2.24) is 14.9 Å². The number of hydrogen-bond acceptors (Lipinski definition) is 6. The second kappa shape index (κ2) is 6.03. The van der Waals surface area contributed by atoms with Gasteiger partial charge in [0, 0.05) is 6.20 Å². The summed E-state index contributed by atoms with van der Waals surface area (Å²) in [5, 5.41) is 13.3. The maximum atomic E-state index is 12.7. The van der Waals surface area contributed by atoms with E-state index in [1.165, 1.54) is 0 Å². The second-order valence-electron chi connectivity index (χ2n) is 5.89. The Morgan fingerprint density at radius 3 is 2.61 bits per heavy atom. The smallest absolute Gasteiger partial charge is 0.246 e. The summed E-state index contributed by atoms with van der Waals surface area (Å²) in [5.41, 5.74) is 0.961. The molecule has 0 amide bonds. The summed E-state index contributed by atoms with van der Waals surface area (Å²) >= 11 is 0. The van der Waals surface area contributed by atoms with E-state index in [0.717, 1.165) is 0 Å². The van der Waals surface area contributed by atoms with Crippen LogP contribution in [0.25, 0.3) is 0 Å². The standard InChI is InChI=1S/C15H19N3O4S/c1-9-15(10(2)22-17-9)23(20,21)18-14(11-7-12(19)8-11)13-5-3-4-6-16-13/h3-6,11-12,14,18-19H,7-8H2,1-2H3/t11?,12?,14-/m0/s1. The van der Waals surface area contributed by atoms with Crippen LogP contribution in [-0.2, 0) is 10.0 Å². The van der Waals surface area contributed by atoms with Gasteiger partial charge in [-0.1, -0.05) is 11.2 Å². The molecule has 1 aliphatic rings. The van der Waals surface area contributed by atoms with Gasteiger partial charge in [0.2, 0.25) is 10.0 Å². The lowest BCUT2D eigenvalue weighted by molar-refractivity contribution is 0.0273. The fourth-order valence-corrected chi connectivity index (χ4v) is 4.55. The van der Waals surface area contributed by atoms with Crippen LogP contribution in [0.1, 0.15) is 36.0 Å². The Bertz CT molecular complexity index is 763. The van der Waals surface area contributed by atoms with Crippen molar-refractivity contribution in [3.05, 3.63) is 41.5 Å². The summed E-state index contributed by atoms with van der Waals surface area (Å²) in [7, 11) is -3.79. The molecule has 0 aliphatic heterocycles. The molecular formula is C15H19N3O4S. The summed E-state index contributed by atoms with van der Waals surface area (Å²) in [6.45, 7) is 3.16. The molecule has 2 heterocycles. The Morgan fingerprint density at radius 2 is 2.09 bits per heavy atom. The first-order valence-corrected chi connectivity index (χ1v) is 8.91. The topological polar surface area (TPSA) is 105 Å². The Morgan fingerprint density at radius 1 is 1.35 bits per heavy atom. The first-order valence-electron chi connectivity index (χ1n) is 7.42. The molecule has 0 saturated heterocycles. The zero-order chi connectivity index (χ0) is 16.6. The van der Waals surface area contributed by atoms with E-state index in [1.807, 2.05) is 6.07 Å². The van der Waals surface area contributed by atoms with Crippen LogP contribution >= 0.6 is 0 Å². The zero-order valence-electron chi connectivity index (χ0n) is 12.9. The highest BCUT2D eigenvalue weighted by Crippen LogP contribution is 2.38. The van der Waals surface area contributed by atoms with E-state index in [9.17, 15) is 13.5 Å². The van der Waals surface area contributed by atoms with Crippen LogP contribution in [-0.4, -0.2) is 29.8 Å². The monoisotopic (exact) mass is 337 g/mol. The van der Waals surface area contributed by atoms with Gasteiger partial charge in [0.15, 0.2) is 5.76 Å². The van der Waals surface area contributed by atoms with Gasteiger partial charge in [-0.2, -0.15) is 0 Å². The van der Waals surface area contributed by atoms with Crippen LogP contribution in [0.4, 0.5) is 0 Å². The Kier molecular flexibility index (Phi) is 4.22. The SMILES string of the molecule is Cc1noc(C)c1S(=O)(=O)N[C@H](c1ccccn1)C1CC(O)C1. The average molecular weight is 337 g/mol. The summed E-state index contributed by atoms with van der Waals surface area (Å²) < 4.78 is 33.2. The van der Waals surface area contributed by atoms with Crippen LogP contribution in [0.5, 0.6) is 0 Å². The number of hydrogen-bond donors (Lipinski definition) is 2. The molecule has 0 radical (unpaired) electrons. The van der Waals surface area contributed by atoms with E-state index >= 15 is 0 Å². The van der Waals surface area contributed by atoms with E-state index in [1.54, 1.807) is 32.2 Å². The van der Waals surface area contributed by atoms with Gasteiger partial charge in [-0.3, -0.25) is 4.98 Å². The van der Waals surface area contributed by atoms with Crippen LogP contribution in [0.15, 0.2) is 33.8 Å². The van der Waals surface area contributed by atoms with Gasteiger partial charge < -0.3 is 9.63 Å². The normalized spacial score (nSPS) is 22.6. The highest BCUT2D eigenvalue weighted by atomic mass is 32.2. The highest BCUT2D eigenvalue weighted by molar-refractivity contribution is 7.89. The van der Waals surface area contributed by atoms with Crippen molar-refractivity contribution in [1.29, 1.82) is 0 Å². The number of nitrogens with zero attached hydrogens (tertiary/aromatic N) is 2. The third kappa shape index (κ3) is 3.15.